The molecule has 2 amide bonds. The van der Waals surface area contributed by atoms with Crippen molar-refractivity contribution in [1.29, 1.82) is 0 Å². The van der Waals surface area contributed by atoms with Gasteiger partial charge in [-0.1, -0.05) is 30.3 Å². The van der Waals surface area contributed by atoms with Crippen LogP contribution in [0, 0.1) is 17.0 Å². The maximum atomic E-state index is 12.6. The summed E-state index contributed by atoms with van der Waals surface area (Å²) in [5.74, 6) is -0.823. The lowest BCUT2D eigenvalue weighted by molar-refractivity contribution is -0.384. The molecule has 0 fully saturated rings. The predicted octanol–water partition coefficient (Wildman–Crippen LogP) is 3.92. The van der Waals surface area contributed by atoms with Crippen molar-refractivity contribution in [3.05, 3.63) is 105 Å². The molecule has 8 heteroatoms. The highest BCUT2D eigenvalue weighted by molar-refractivity contribution is 6.09. The Bertz CT molecular complexity index is 1120. The lowest BCUT2D eigenvalue weighted by Gasteiger charge is -2.11. The van der Waals surface area contributed by atoms with Crippen LogP contribution in [0.1, 0.15) is 31.8 Å². The number of para-hydroxylation sites is 1. The van der Waals surface area contributed by atoms with E-state index in [1.807, 2.05) is 19.1 Å². The molecule has 0 spiro atoms. The standard InChI is InChI=1S/C22H18N4O4/c1-15-6-2-3-7-18(15)21(27)24-20-9-5-4-8-19(20)22(28)25-23-14-16-10-12-17(13-11-16)26(29)30/h2-14H,1H3,(H,24,27)(H,25,28). The number of amides is 2. The summed E-state index contributed by atoms with van der Waals surface area (Å²) in [6.07, 6.45) is 1.37. The number of rotatable bonds is 6. The van der Waals surface area contributed by atoms with E-state index in [0.717, 1.165) is 5.56 Å². The van der Waals surface area contributed by atoms with Gasteiger partial charge in [-0.2, -0.15) is 5.10 Å². The van der Waals surface area contributed by atoms with E-state index >= 15 is 0 Å². The molecule has 0 unspecified atom stereocenters. The summed E-state index contributed by atoms with van der Waals surface area (Å²) in [5, 5.41) is 17.3. The maximum absolute atomic E-state index is 12.6. The summed E-state index contributed by atoms with van der Waals surface area (Å²) in [6.45, 7) is 1.83. The van der Waals surface area contributed by atoms with Crippen LogP contribution < -0.4 is 10.7 Å². The molecule has 8 nitrogen and oxygen atoms in total. The minimum absolute atomic E-state index is 0.0329. The number of carbonyl (C=O) groups is 2. The van der Waals surface area contributed by atoms with Crippen molar-refractivity contribution in [3.63, 3.8) is 0 Å². The second kappa shape index (κ2) is 9.24. The Labute approximate surface area is 172 Å². The molecule has 2 N–H and O–H groups in total. The third kappa shape index (κ3) is 4.93. The molecule has 0 aromatic heterocycles. The van der Waals surface area contributed by atoms with Gasteiger partial charge in [0, 0.05) is 17.7 Å². The summed E-state index contributed by atoms with van der Waals surface area (Å²) in [6, 6.07) is 19.5. The molecule has 0 aliphatic rings. The van der Waals surface area contributed by atoms with Crippen molar-refractivity contribution in [1.82, 2.24) is 5.43 Å². The fraction of sp³-hybridized carbons (Fsp3) is 0.0455. The number of hydrogen-bond acceptors (Lipinski definition) is 5. The van der Waals surface area contributed by atoms with E-state index in [9.17, 15) is 19.7 Å². The molecule has 30 heavy (non-hydrogen) atoms. The van der Waals surface area contributed by atoms with E-state index < -0.39 is 10.8 Å². The third-order valence-corrected chi connectivity index (χ3v) is 4.29. The molecule has 0 atom stereocenters. The quantitative estimate of drug-likeness (QED) is 0.369. The lowest BCUT2D eigenvalue weighted by atomic mass is 10.1. The van der Waals surface area contributed by atoms with Crippen LogP contribution in [0.3, 0.4) is 0 Å². The average Bonchev–Trinajstić information content (AvgIpc) is 2.74. The fourth-order valence-corrected chi connectivity index (χ4v) is 2.72. The number of carbonyl (C=O) groups excluding carboxylic acids is 2. The van der Waals surface area contributed by atoms with Crippen LogP contribution in [0.2, 0.25) is 0 Å². The molecule has 150 valence electrons. The first-order valence-electron chi connectivity index (χ1n) is 8.99. The van der Waals surface area contributed by atoms with Crippen LogP contribution in [0.5, 0.6) is 0 Å². The molecule has 0 saturated heterocycles. The van der Waals surface area contributed by atoms with Gasteiger partial charge in [-0.3, -0.25) is 19.7 Å². The number of nitro groups is 1. The maximum Gasteiger partial charge on any atom is 0.273 e. The number of nitro benzene ring substituents is 1. The molecule has 0 aliphatic heterocycles. The van der Waals surface area contributed by atoms with Gasteiger partial charge >= 0.3 is 0 Å². The first-order chi connectivity index (χ1) is 14.5. The van der Waals surface area contributed by atoms with E-state index in [2.05, 4.69) is 15.8 Å². The lowest BCUT2D eigenvalue weighted by Crippen LogP contribution is -2.21. The smallest absolute Gasteiger partial charge is 0.273 e. The SMILES string of the molecule is Cc1ccccc1C(=O)Nc1ccccc1C(=O)NN=Cc1ccc([N+](=O)[O-])cc1. The summed E-state index contributed by atoms with van der Waals surface area (Å²) in [4.78, 5) is 35.3. The van der Waals surface area contributed by atoms with Crippen molar-refractivity contribution in [3.8, 4) is 0 Å². The predicted molar refractivity (Wildman–Crippen MR) is 114 cm³/mol. The number of hydrazone groups is 1. The highest BCUT2D eigenvalue weighted by atomic mass is 16.6. The van der Waals surface area contributed by atoms with Crippen LogP contribution in [0.25, 0.3) is 0 Å². The van der Waals surface area contributed by atoms with E-state index in [4.69, 9.17) is 0 Å². The second-order valence-electron chi connectivity index (χ2n) is 6.36. The molecule has 3 rings (SSSR count). The number of hydrogen-bond donors (Lipinski definition) is 2. The average molecular weight is 402 g/mol. The molecule has 3 aromatic carbocycles. The van der Waals surface area contributed by atoms with Gasteiger partial charge in [0.15, 0.2) is 0 Å². The molecule has 0 aliphatic carbocycles. The first-order valence-corrected chi connectivity index (χ1v) is 8.99. The molecule has 0 saturated carbocycles. The van der Waals surface area contributed by atoms with Gasteiger partial charge in [-0.05, 0) is 48.4 Å². The van der Waals surface area contributed by atoms with Crippen molar-refractivity contribution in [2.45, 2.75) is 6.92 Å². The van der Waals surface area contributed by atoms with Gasteiger partial charge in [-0.25, -0.2) is 5.43 Å². The Morgan fingerprint density at radius 1 is 0.900 bits per heavy atom. The summed E-state index contributed by atoms with van der Waals surface area (Å²) >= 11 is 0. The zero-order valence-electron chi connectivity index (χ0n) is 16.0. The van der Waals surface area contributed by atoms with Gasteiger partial charge in [0.2, 0.25) is 0 Å². The Morgan fingerprint density at radius 3 is 2.20 bits per heavy atom. The second-order valence-corrected chi connectivity index (χ2v) is 6.36. The van der Waals surface area contributed by atoms with Gasteiger partial charge in [0.25, 0.3) is 17.5 Å². The normalized spacial score (nSPS) is 10.6. The third-order valence-electron chi connectivity index (χ3n) is 4.29. The Morgan fingerprint density at radius 2 is 1.53 bits per heavy atom. The number of nitrogens with one attached hydrogen (secondary N) is 2. The van der Waals surface area contributed by atoms with E-state index in [1.165, 1.54) is 30.5 Å². The number of nitrogens with zero attached hydrogens (tertiary/aromatic N) is 2. The van der Waals surface area contributed by atoms with Crippen molar-refractivity contribution in [2.24, 2.45) is 5.10 Å². The number of non-ortho nitro benzene ring substituents is 1. The molecule has 0 heterocycles. The number of benzene rings is 3. The van der Waals surface area contributed by atoms with Crippen molar-refractivity contribution in [2.75, 3.05) is 5.32 Å². The van der Waals surface area contributed by atoms with Crippen LogP contribution in [0.4, 0.5) is 11.4 Å². The van der Waals surface area contributed by atoms with E-state index in [1.54, 1.807) is 36.4 Å². The van der Waals surface area contributed by atoms with Crippen molar-refractivity contribution < 1.29 is 14.5 Å². The molecular formula is C22H18N4O4. The number of anilines is 1. The molecule has 0 bridgehead atoms. The first kappa shape index (κ1) is 20.4. The van der Waals surface area contributed by atoms with Gasteiger partial charge in [-0.15, -0.1) is 0 Å². The Kier molecular flexibility index (Phi) is 6.29. The highest BCUT2D eigenvalue weighted by Crippen LogP contribution is 2.17. The minimum Gasteiger partial charge on any atom is -0.321 e. The molecule has 0 radical (unpaired) electrons. The number of aryl methyl sites for hydroxylation is 1. The van der Waals surface area contributed by atoms with Crippen LogP contribution in [0.15, 0.2) is 77.9 Å². The monoisotopic (exact) mass is 402 g/mol. The molecule has 3 aromatic rings. The van der Waals surface area contributed by atoms with E-state index in [-0.39, 0.29) is 17.2 Å². The summed E-state index contributed by atoms with van der Waals surface area (Å²) in [7, 11) is 0. The van der Waals surface area contributed by atoms with Gasteiger partial charge < -0.3 is 5.32 Å². The molecular weight excluding hydrogens is 384 g/mol. The van der Waals surface area contributed by atoms with E-state index in [0.29, 0.717) is 16.8 Å². The Balaban J connectivity index is 1.70. The zero-order valence-corrected chi connectivity index (χ0v) is 16.0. The summed E-state index contributed by atoms with van der Waals surface area (Å²) < 4.78 is 0. The van der Waals surface area contributed by atoms with Crippen LogP contribution in [-0.2, 0) is 0 Å². The van der Waals surface area contributed by atoms with Crippen LogP contribution >= 0.6 is 0 Å². The van der Waals surface area contributed by atoms with Gasteiger partial charge in [0.05, 0.1) is 22.4 Å². The van der Waals surface area contributed by atoms with Crippen molar-refractivity contribution >= 4 is 29.4 Å². The minimum atomic E-state index is -0.506. The largest absolute Gasteiger partial charge is 0.321 e. The summed E-state index contributed by atoms with van der Waals surface area (Å²) in [5.41, 5.74) is 4.89. The highest BCUT2D eigenvalue weighted by Gasteiger charge is 2.14. The van der Waals surface area contributed by atoms with Gasteiger partial charge in [0.1, 0.15) is 0 Å². The Hall–Kier alpha value is -4.33. The zero-order chi connectivity index (χ0) is 21.5. The van der Waals surface area contributed by atoms with Crippen LogP contribution in [-0.4, -0.2) is 23.0 Å². The topological polar surface area (TPSA) is 114 Å². The fourth-order valence-electron chi connectivity index (χ4n) is 2.72.